The van der Waals surface area contributed by atoms with E-state index in [2.05, 4.69) is 31.4 Å². The molecule has 8 nitrogen and oxygen atoms in total. The summed E-state index contributed by atoms with van der Waals surface area (Å²) in [6.45, 7) is 4.07. The lowest BCUT2D eigenvalue weighted by atomic mass is 10.0. The Balaban J connectivity index is 1.40. The number of hydrogen-bond acceptors (Lipinski definition) is 8. The molecule has 0 bridgehead atoms. The number of hydrogen-bond donors (Lipinski definition) is 0. The number of piperazine rings is 1. The van der Waals surface area contributed by atoms with Gasteiger partial charge in [0.25, 0.3) is 0 Å². The minimum atomic E-state index is -0.374. The molecule has 0 amide bonds. The fourth-order valence-electron chi connectivity index (χ4n) is 4.11. The molecule has 166 valence electrons. The molecule has 2 aromatic heterocycles. The molecule has 1 saturated heterocycles. The van der Waals surface area contributed by atoms with Gasteiger partial charge in [0, 0.05) is 38.9 Å². The fourth-order valence-corrected chi connectivity index (χ4v) is 5.12. The van der Waals surface area contributed by atoms with E-state index < -0.39 is 0 Å². The average Bonchev–Trinajstić information content (AvgIpc) is 3.47. The molecule has 3 heterocycles. The molecule has 5 rings (SSSR count). The maximum atomic E-state index is 14.9. The highest BCUT2D eigenvalue weighted by atomic mass is 32.1. The van der Waals surface area contributed by atoms with Crippen LogP contribution in [0.2, 0.25) is 0 Å². The van der Waals surface area contributed by atoms with Crippen molar-refractivity contribution in [1.29, 1.82) is 0 Å². The lowest BCUT2D eigenvalue weighted by Crippen LogP contribution is -2.48. The third-order valence-corrected chi connectivity index (χ3v) is 6.84. The molecule has 1 atom stereocenters. The van der Waals surface area contributed by atoms with Crippen LogP contribution in [0.4, 0.5) is 9.52 Å². The first-order valence-electron chi connectivity index (χ1n) is 10.6. The predicted octanol–water partition coefficient (Wildman–Crippen LogP) is 2.98. The standard InChI is InChI=1S/C22H24FN7OS/c1-31-15-14-30-21(25-26-27-30)20(16-6-2-3-7-17(16)23)28-10-12-29(13-11-28)22-24-18-8-4-5-9-19(18)32-22/h2-9,20H,10-15H2,1H3. The molecule has 4 aromatic rings. The molecule has 0 saturated carbocycles. The number of aromatic nitrogens is 5. The topological polar surface area (TPSA) is 72.2 Å². The van der Waals surface area contributed by atoms with Gasteiger partial charge in [-0.25, -0.2) is 14.1 Å². The number of fused-ring (bicyclic) bond motifs is 1. The average molecular weight is 454 g/mol. The van der Waals surface area contributed by atoms with Crippen molar-refractivity contribution in [3.05, 3.63) is 65.7 Å². The van der Waals surface area contributed by atoms with Crippen LogP contribution in [0.1, 0.15) is 17.4 Å². The lowest BCUT2D eigenvalue weighted by molar-refractivity contribution is 0.171. The van der Waals surface area contributed by atoms with Crippen molar-refractivity contribution < 1.29 is 9.13 Å². The van der Waals surface area contributed by atoms with Gasteiger partial charge in [-0.05, 0) is 28.6 Å². The molecule has 0 N–H and O–H groups in total. The summed E-state index contributed by atoms with van der Waals surface area (Å²) < 4.78 is 23.0. The molecule has 0 aliphatic carbocycles. The van der Waals surface area contributed by atoms with Crippen LogP contribution in [0.15, 0.2) is 48.5 Å². The smallest absolute Gasteiger partial charge is 0.186 e. The molecule has 1 aliphatic heterocycles. The number of rotatable bonds is 7. The number of anilines is 1. The van der Waals surface area contributed by atoms with Crippen LogP contribution in [-0.2, 0) is 11.3 Å². The molecule has 1 aliphatic rings. The minimum absolute atomic E-state index is 0.257. The second-order valence-electron chi connectivity index (χ2n) is 7.66. The Morgan fingerprint density at radius 1 is 1.06 bits per heavy atom. The first-order chi connectivity index (χ1) is 15.7. The number of thiazole rings is 1. The Morgan fingerprint density at radius 3 is 2.62 bits per heavy atom. The van der Waals surface area contributed by atoms with Gasteiger partial charge in [0.05, 0.1) is 23.4 Å². The summed E-state index contributed by atoms with van der Waals surface area (Å²) in [6, 6.07) is 14.7. The largest absolute Gasteiger partial charge is 0.383 e. The van der Waals surface area contributed by atoms with Crippen molar-refractivity contribution in [2.75, 3.05) is 44.8 Å². The van der Waals surface area contributed by atoms with Crippen LogP contribution in [0.25, 0.3) is 10.2 Å². The number of para-hydroxylation sites is 1. The number of tetrazole rings is 1. The van der Waals surface area contributed by atoms with Crippen LogP contribution < -0.4 is 4.90 Å². The van der Waals surface area contributed by atoms with Crippen LogP contribution in [-0.4, -0.2) is 70.0 Å². The fraction of sp³-hybridized carbons (Fsp3) is 0.364. The van der Waals surface area contributed by atoms with Crippen molar-refractivity contribution in [2.24, 2.45) is 0 Å². The molecule has 1 fully saturated rings. The minimum Gasteiger partial charge on any atom is -0.383 e. The summed E-state index contributed by atoms with van der Waals surface area (Å²) in [5.41, 5.74) is 1.60. The van der Waals surface area contributed by atoms with Crippen LogP contribution in [0.3, 0.4) is 0 Å². The van der Waals surface area contributed by atoms with Gasteiger partial charge in [-0.3, -0.25) is 4.90 Å². The van der Waals surface area contributed by atoms with E-state index in [0.717, 1.165) is 36.8 Å². The van der Waals surface area contributed by atoms with E-state index in [9.17, 15) is 4.39 Å². The number of benzene rings is 2. The van der Waals surface area contributed by atoms with Gasteiger partial charge in [0.1, 0.15) is 11.9 Å². The van der Waals surface area contributed by atoms with Crippen molar-refractivity contribution in [2.45, 2.75) is 12.6 Å². The van der Waals surface area contributed by atoms with E-state index in [1.165, 1.54) is 10.8 Å². The summed E-state index contributed by atoms with van der Waals surface area (Å²) in [7, 11) is 1.64. The number of halogens is 1. The van der Waals surface area contributed by atoms with Gasteiger partial charge in [0.15, 0.2) is 11.0 Å². The van der Waals surface area contributed by atoms with Gasteiger partial charge in [-0.2, -0.15) is 0 Å². The number of nitrogens with zero attached hydrogens (tertiary/aromatic N) is 7. The highest BCUT2D eigenvalue weighted by Crippen LogP contribution is 2.33. The van der Waals surface area contributed by atoms with Crippen molar-refractivity contribution in [3.63, 3.8) is 0 Å². The monoisotopic (exact) mass is 453 g/mol. The molecule has 0 radical (unpaired) electrons. The van der Waals surface area contributed by atoms with Crippen LogP contribution in [0.5, 0.6) is 0 Å². The first-order valence-corrected chi connectivity index (χ1v) is 11.4. The third-order valence-electron chi connectivity index (χ3n) is 5.74. The van der Waals surface area contributed by atoms with E-state index in [1.54, 1.807) is 29.2 Å². The number of ether oxygens (including phenoxy) is 1. The van der Waals surface area contributed by atoms with Gasteiger partial charge in [0.2, 0.25) is 0 Å². The Hall–Kier alpha value is -2.95. The van der Waals surface area contributed by atoms with E-state index in [1.807, 2.05) is 30.3 Å². The highest BCUT2D eigenvalue weighted by Gasteiger charge is 2.32. The molecular formula is C22H24FN7OS. The van der Waals surface area contributed by atoms with E-state index in [4.69, 9.17) is 9.72 Å². The summed E-state index contributed by atoms with van der Waals surface area (Å²) in [5.74, 6) is 0.369. The van der Waals surface area contributed by atoms with E-state index in [0.29, 0.717) is 24.5 Å². The Bertz CT molecular complexity index is 1150. The quantitative estimate of drug-likeness (QED) is 0.426. The second kappa shape index (κ2) is 9.27. The third kappa shape index (κ3) is 4.08. The van der Waals surface area contributed by atoms with Gasteiger partial charge in [-0.15, -0.1) is 5.10 Å². The van der Waals surface area contributed by atoms with Crippen LogP contribution in [0, 0.1) is 5.82 Å². The first kappa shape index (κ1) is 20.9. The normalized spacial score (nSPS) is 16.0. The Labute approximate surface area is 189 Å². The van der Waals surface area contributed by atoms with Crippen LogP contribution >= 0.6 is 11.3 Å². The zero-order valence-corrected chi connectivity index (χ0v) is 18.6. The SMILES string of the molecule is COCCn1nnnc1C(c1ccccc1F)N1CCN(c2nc3ccccc3s2)CC1. The summed E-state index contributed by atoms with van der Waals surface area (Å²) in [6.07, 6.45) is 0. The van der Waals surface area contributed by atoms with Crippen molar-refractivity contribution in [3.8, 4) is 0 Å². The van der Waals surface area contributed by atoms with Gasteiger partial charge in [-0.1, -0.05) is 41.7 Å². The molecule has 10 heteroatoms. The van der Waals surface area contributed by atoms with E-state index >= 15 is 0 Å². The molecule has 0 spiro atoms. The van der Waals surface area contributed by atoms with Gasteiger partial charge >= 0.3 is 0 Å². The summed E-state index contributed by atoms with van der Waals surface area (Å²) >= 11 is 1.71. The summed E-state index contributed by atoms with van der Waals surface area (Å²) in [5, 5.41) is 13.3. The zero-order valence-electron chi connectivity index (χ0n) is 17.8. The second-order valence-corrected chi connectivity index (χ2v) is 8.67. The Kier molecular flexibility index (Phi) is 6.06. The Morgan fingerprint density at radius 2 is 1.84 bits per heavy atom. The molecular weight excluding hydrogens is 429 g/mol. The lowest BCUT2D eigenvalue weighted by Gasteiger charge is -2.38. The molecule has 2 aromatic carbocycles. The maximum Gasteiger partial charge on any atom is 0.186 e. The van der Waals surface area contributed by atoms with Gasteiger partial charge < -0.3 is 9.64 Å². The van der Waals surface area contributed by atoms with E-state index in [-0.39, 0.29) is 11.9 Å². The zero-order chi connectivity index (χ0) is 21.9. The highest BCUT2D eigenvalue weighted by molar-refractivity contribution is 7.22. The maximum absolute atomic E-state index is 14.9. The molecule has 32 heavy (non-hydrogen) atoms. The summed E-state index contributed by atoms with van der Waals surface area (Å²) in [4.78, 5) is 9.34. The van der Waals surface area contributed by atoms with Crippen molar-refractivity contribution >= 4 is 26.7 Å². The molecule has 1 unspecified atom stereocenters. The number of methoxy groups -OCH3 is 1. The predicted molar refractivity (Wildman–Crippen MR) is 121 cm³/mol. The van der Waals surface area contributed by atoms with Crippen molar-refractivity contribution in [1.82, 2.24) is 30.1 Å².